The second kappa shape index (κ2) is 5.88. The van der Waals surface area contributed by atoms with Crippen LogP contribution in [0.15, 0.2) is 73.5 Å². The van der Waals surface area contributed by atoms with Crippen molar-refractivity contribution in [2.45, 2.75) is 6.10 Å². The van der Waals surface area contributed by atoms with Gasteiger partial charge >= 0.3 is 0 Å². The third kappa shape index (κ3) is 2.45. The summed E-state index contributed by atoms with van der Waals surface area (Å²) in [5, 5.41) is 2.37. The zero-order valence-corrected chi connectivity index (χ0v) is 12.0. The minimum atomic E-state index is -0.0166. The molecular weight excluding hydrogens is 258 g/mol. The lowest BCUT2D eigenvalue weighted by molar-refractivity contribution is 0.268. The van der Waals surface area contributed by atoms with Crippen LogP contribution in [0.1, 0.15) is 0 Å². The molecule has 0 aromatic heterocycles. The van der Waals surface area contributed by atoms with E-state index in [1.807, 2.05) is 24.5 Å². The van der Waals surface area contributed by atoms with E-state index >= 15 is 0 Å². The highest BCUT2D eigenvalue weighted by Crippen LogP contribution is 2.27. The molecule has 1 aromatic carbocycles. The molecule has 106 valence electrons. The van der Waals surface area contributed by atoms with Crippen molar-refractivity contribution < 1.29 is 4.74 Å². The van der Waals surface area contributed by atoms with E-state index < -0.39 is 0 Å². The van der Waals surface area contributed by atoms with Crippen LogP contribution in [0.5, 0.6) is 0 Å². The number of hydrogen-bond donors (Lipinski definition) is 0. The SMILES string of the molecule is C=CCN(CC=C)C1=CC=CC2OC=c3ccccc3=C12. The topological polar surface area (TPSA) is 12.5 Å². The lowest BCUT2D eigenvalue weighted by atomic mass is 9.95. The predicted molar refractivity (Wildman–Crippen MR) is 87.6 cm³/mol. The summed E-state index contributed by atoms with van der Waals surface area (Å²) < 4.78 is 5.88. The second-order valence-corrected chi connectivity index (χ2v) is 5.09. The smallest absolute Gasteiger partial charge is 0.144 e. The lowest BCUT2D eigenvalue weighted by Gasteiger charge is -2.32. The van der Waals surface area contributed by atoms with Crippen LogP contribution < -0.4 is 10.4 Å². The number of nitrogens with zero attached hydrogens (tertiary/aromatic N) is 1. The van der Waals surface area contributed by atoms with Crippen molar-refractivity contribution in [2.24, 2.45) is 0 Å². The molecule has 2 nitrogen and oxygen atoms in total. The molecule has 1 heterocycles. The minimum Gasteiger partial charge on any atom is -0.488 e. The van der Waals surface area contributed by atoms with Crippen molar-refractivity contribution in [3.8, 4) is 0 Å². The first-order chi connectivity index (χ1) is 10.3. The molecule has 1 unspecified atom stereocenters. The summed E-state index contributed by atoms with van der Waals surface area (Å²) in [5.74, 6) is 0. The number of rotatable bonds is 5. The molecule has 1 aromatic rings. The van der Waals surface area contributed by atoms with Crippen LogP contribution >= 0.6 is 0 Å². The van der Waals surface area contributed by atoms with Gasteiger partial charge in [-0.2, -0.15) is 0 Å². The Balaban J connectivity index is 2.18. The highest BCUT2D eigenvalue weighted by molar-refractivity contribution is 5.73. The average Bonchev–Trinajstić information content (AvgIpc) is 2.54. The number of fused-ring (bicyclic) bond motifs is 2. The Hall–Kier alpha value is -2.48. The zero-order valence-electron chi connectivity index (χ0n) is 12.0. The maximum atomic E-state index is 5.88. The third-order valence-electron chi connectivity index (χ3n) is 3.73. The van der Waals surface area contributed by atoms with E-state index in [1.165, 1.54) is 16.5 Å². The van der Waals surface area contributed by atoms with Crippen molar-refractivity contribution in [3.05, 3.63) is 83.9 Å². The normalized spacial score (nSPS) is 18.6. The van der Waals surface area contributed by atoms with Crippen LogP contribution in [0.2, 0.25) is 0 Å². The van der Waals surface area contributed by atoms with Gasteiger partial charge < -0.3 is 9.64 Å². The Bertz CT molecular complexity index is 729. The van der Waals surface area contributed by atoms with Gasteiger partial charge in [0.1, 0.15) is 6.10 Å². The molecule has 1 aliphatic heterocycles. The summed E-state index contributed by atoms with van der Waals surface area (Å²) >= 11 is 0. The van der Waals surface area contributed by atoms with E-state index in [2.05, 4.69) is 54.5 Å². The van der Waals surface area contributed by atoms with Gasteiger partial charge in [0.25, 0.3) is 0 Å². The van der Waals surface area contributed by atoms with Crippen molar-refractivity contribution >= 4 is 11.8 Å². The maximum absolute atomic E-state index is 5.88. The molecule has 0 fully saturated rings. The summed E-state index contributed by atoms with van der Waals surface area (Å²) in [5.41, 5.74) is 2.40. The summed E-state index contributed by atoms with van der Waals surface area (Å²) in [6.45, 7) is 9.29. The summed E-state index contributed by atoms with van der Waals surface area (Å²) in [4.78, 5) is 2.26. The van der Waals surface area contributed by atoms with Crippen molar-refractivity contribution in [3.63, 3.8) is 0 Å². The Morgan fingerprint density at radius 1 is 1.14 bits per heavy atom. The van der Waals surface area contributed by atoms with Gasteiger partial charge in [-0.15, -0.1) is 13.2 Å². The van der Waals surface area contributed by atoms with Crippen molar-refractivity contribution in [1.82, 2.24) is 4.90 Å². The first-order valence-electron chi connectivity index (χ1n) is 7.15. The van der Waals surface area contributed by atoms with Gasteiger partial charge in [0.2, 0.25) is 0 Å². The average molecular weight is 277 g/mol. The third-order valence-corrected chi connectivity index (χ3v) is 3.73. The second-order valence-electron chi connectivity index (χ2n) is 5.09. The molecule has 2 aliphatic rings. The van der Waals surface area contributed by atoms with E-state index in [-0.39, 0.29) is 6.10 Å². The molecule has 0 amide bonds. The standard InChI is InChI=1S/C19H19NO/c1-3-12-20(13-4-2)17-10-7-11-18-19(17)16-9-6-5-8-15(16)14-21-18/h3-11,14,18H,1-2,12-13H2. The molecule has 3 rings (SSSR count). The van der Waals surface area contributed by atoms with Crippen molar-refractivity contribution in [2.75, 3.05) is 13.1 Å². The molecule has 1 atom stereocenters. The molecule has 21 heavy (non-hydrogen) atoms. The zero-order chi connectivity index (χ0) is 14.7. The Morgan fingerprint density at radius 3 is 2.67 bits per heavy atom. The van der Waals surface area contributed by atoms with Crippen LogP contribution in [0.4, 0.5) is 0 Å². The van der Waals surface area contributed by atoms with Crippen LogP contribution in [0.3, 0.4) is 0 Å². The van der Waals surface area contributed by atoms with Gasteiger partial charge in [0.15, 0.2) is 0 Å². The van der Waals surface area contributed by atoms with Gasteiger partial charge in [0, 0.05) is 29.6 Å². The molecule has 0 saturated heterocycles. The predicted octanol–water partition coefficient (Wildman–Crippen LogP) is 2.10. The molecular formula is C19H19NO. The summed E-state index contributed by atoms with van der Waals surface area (Å²) in [7, 11) is 0. The highest BCUT2D eigenvalue weighted by Gasteiger charge is 2.25. The Morgan fingerprint density at radius 2 is 1.90 bits per heavy atom. The first kappa shape index (κ1) is 13.5. The summed E-state index contributed by atoms with van der Waals surface area (Å²) in [6.07, 6.45) is 12.0. The van der Waals surface area contributed by atoms with Crippen LogP contribution in [-0.4, -0.2) is 24.1 Å². The van der Waals surface area contributed by atoms with Crippen LogP contribution in [0.25, 0.3) is 11.8 Å². The van der Waals surface area contributed by atoms with Crippen LogP contribution in [-0.2, 0) is 4.74 Å². The minimum absolute atomic E-state index is 0.0166. The fourth-order valence-corrected chi connectivity index (χ4v) is 2.83. The Labute approximate surface area is 125 Å². The largest absolute Gasteiger partial charge is 0.488 e. The first-order valence-corrected chi connectivity index (χ1v) is 7.15. The van der Waals surface area contributed by atoms with Crippen molar-refractivity contribution in [1.29, 1.82) is 0 Å². The highest BCUT2D eigenvalue weighted by atomic mass is 16.5. The monoisotopic (exact) mass is 277 g/mol. The van der Waals surface area contributed by atoms with Gasteiger partial charge in [0.05, 0.1) is 6.26 Å². The van der Waals surface area contributed by atoms with E-state index in [4.69, 9.17) is 4.74 Å². The molecule has 0 spiro atoms. The molecule has 0 N–H and O–H groups in total. The van der Waals surface area contributed by atoms with Gasteiger partial charge in [-0.1, -0.05) is 42.5 Å². The maximum Gasteiger partial charge on any atom is 0.144 e. The van der Waals surface area contributed by atoms with E-state index in [9.17, 15) is 0 Å². The number of allylic oxidation sites excluding steroid dienone is 2. The van der Waals surface area contributed by atoms with Gasteiger partial charge in [-0.25, -0.2) is 0 Å². The van der Waals surface area contributed by atoms with E-state index in [0.29, 0.717) is 0 Å². The molecule has 2 heteroatoms. The molecule has 0 saturated carbocycles. The van der Waals surface area contributed by atoms with E-state index in [1.54, 1.807) is 0 Å². The summed E-state index contributed by atoms with van der Waals surface area (Å²) in [6, 6.07) is 8.35. The van der Waals surface area contributed by atoms with Crippen LogP contribution in [0, 0.1) is 0 Å². The fourth-order valence-electron chi connectivity index (χ4n) is 2.83. The number of hydrogen-bond acceptors (Lipinski definition) is 2. The fraction of sp³-hybridized carbons (Fsp3) is 0.158. The Kier molecular flexibility index (Phi) is 3.78. The molecule has 0 radical (unpaired) electrons. The van der Waals surface area contributed by atoms with E-state index in [0.717, 1.165) is 18.3 Å². The number of benzene rings is 1. The molecule has 0 bridgehead atoms. The quantitative estimate of drug-likeness (QED) is 0.764. The van der Waals surface area contributed by atoms with Gasteiger partial charge in [-0.3, -0.25) is 0 Å². The lowest BCUT2D eigenvalue weighted by Crippen LogP contribution is -2.40. The molecule has 1 aliphatic carbocycles. The van der Waals surface area contributed by atoms with Gasteiger partial charge in [-0.05, 0) is 17.4 Å². The number of ether oxygens (including phenoxy) is 1.